The highest BCUT2D eigenvalue weighted by Crippen LogP contribution is 2.25. The maximum Gasteiger partial charge on any atom is 0.0659 e. The molecule has 0 aliphatic heterocycles. The van der Waals surface area contributed by atoms with E-state index in [4.69, 9.17) is 10.3 Å². The number of aliphatic hydroxyl groups excluding tert-OH is 1. The first kappa shape index (κ1) is 11.3. The van der Waals surface area contributed by atoms with Gasteiger partial charge in [-0.2, -0.15) is 0 Å². The molecule has 0 amide bonds. The summed E-state index contributed by atoms with van der Waals surface area (Å²) >= 11 is 0. The Bertz CT molecular complexity index is 216. The number of ether oxygens (including phenoxy) is 1. The summed E-state index contributed by atoms with van der Waals surface area (Å²) in [6.07, 6.45) is 2.92. The zero-order valence-electron chi connectivity index (χ0n) is 8.46. The minimum Gasteiger partial charge on any atom is -0.393 e. The smallest absolute Gasteiger partial charge is 0.0659 e. The van der Waals surface area contributed by atoms with Crippen molar-refractivity contribution in [1.82, 2.24) is 0 Å². The SMILES string of the molecule is CCCCOC1CC(N=[N+]=[N-])[C@@H](O)C1. The predicted octanol–water partition coefficient (Wildman–Crippen LogP) is 2.01. The van der Waals surface area contributed by atoms with Crippen LogP contribution >= 0.6 is 0 Å². The van der Waals surface area contributed by atoms with Gasteiger partial charge in [0.2, 0.25) is 0 Å². The predicted molar refractivity (Wildman–Crippen MR) is 52.8 cm³/mol. The number of hydrogen-bond donors (Lipinski definition) is 1. The van der Waals surface area contributed by atoms with Crippen LogP contribution in [0.2, 0.25) is 0 Å². The first-order valence-corrected chi connectivity index (χ1v) is 5.11. The van der Waals surface area contributed by atoms with E-state index >= 15 is 0 Å². The quantitative estimate of drug-likeness (QED) is 0.318. The van der Waals surface area contributed by atoms with Crippen LogP contribution in [0.1, 0.15) is 32.6 Å². The molecule has 0 aromatic rings. The van der Waals surface area contributed by atoms with E-state index in [1.54, 1.807) is 0 Å². The zero-order chi connectivity index (χ0) is 10.4. The summed E-state index contributed by atoms with van der Waals surface area (Å²) in [4.78, 5) is 2.71. The molecule has 80 valence electrons. The molecule has 1 saturated carbocycles. The average Bonchev–Trinajstić information content (AvgIpc) is 2.49. The summed E-state index contributed by atoms with van der Waals surface area (Å²) in [5, 5.41) is 13.0. The molecule has 14 heavy (non-hydrogen) atoms. The van der Waals surface area contributed by atoms with Gasteiger partial charge >= 0.3 is 0 Å². The molecule has 5 heteroatoms. The maximum atomic E-state index is 9.50. The van der Waals surface area contributed by atoms with Gasteiger partial charge in [-0.15, -0.1) is 0 Å². The van der Waals surface area contributed by atoms with E-state index in [-0.39, 0.29) is 12.1 Å². The number of nitrogens with zero attached hydrogens (tertiary/aromatic N) is 3. The molecule has 1 fully saturated rings. The summed E-state index contributed by atoms with van der Waals surface area (Å²) in [6.45, 7) is 2.84. The van der Waals surface area contributed by atoms with E-state index in [1.807, 2.05) is 0 Å². The second-order valence-corrected chi connectivity index (χ2v) is 3.66. The van der Waals surface area contributed by atoms with Crippen molar-refractivity contribution in [3.63, 3.8) is 0 Å². The summed E-state index contributed by atoms with van der Waals surface area (Å²) in [7, 11) is 0. The lowest BCUT2D eigenvalue weighted by molar-refractivity contribution is 0.0457. The molecule has 1 aliphatic carbocycles. The summed E-state index contributed by atoms with van der Waals surface area (Å²) in [6, 6.07) is -0.299. The van der Waals surface area contributed by atoms with E-state index in [1.165, 1.54) is 0 Å². The van der Waals surface area contributed by atoms with Crippen molar-refractivity contribution < 1.29 is 9.84 Å². The lowest BCUT2D eigenvalue weighted by atomic mass is 10.2. The third-order valence-electron chi connectivity index (χ3n) is 2.50. The van der Waals surface area contributed by atoms with Crippen LogP contribution in [0.25, 0.3) is 10.4 Å². The Morgan fingerprint density at radius 3 is 3.00 bits per heavy atom. The van der Waals surface area contributed by atoms with Crippen molar-refractivity contribution in [3.05, 3.63) is 10.4 Å². The van der Waals surface area contributed by atoms with Gasteiger partial charge in [0, 0.05) is 11.5 Å². The minimum atomic E-state index is -0.530. The van der Waals surface area contributed by atoms with Crippen LogP contribution in [0.15, 0.2) is 5.11 Å². The highest BCUT2D eigenvalue weighted by atomic mass is 16.5. The van der Waals surface area contributed by atoms with Gasteiger partial charge in [-0.3, -0.25) is 0 Å². The van der Waals surface area contributed by atoms with Gasteiger partial charge in [0.15, 0.2) is 0 Å². The standard InChI is InChI=1S/C9H17N3O2/c1-2-3-4-14-7-5-8(11-12-10)9(13)6-7/h7-9,13H,2-6H2,1H3/t7?,8?,9-/m0/s1. The van der Waals surface area contributed by atoms with Gasteiger partial charge in [0.25, 0.3) is 0 Å². The summed E-state index contributed by atoms with van der Waals surface area (Å²) < 4.78 is 5.55. The highest BCUT2D eigenvalue weighted by molar-refractivity contribution is 4.89. The van der Waals surface area contributed by atoms with Crippen molar-refractivity contribution >= 4 is 0 Å². The lowest BCUT2D eigenvalue weighted by Gasteiger charge is -2.09. The van der Waals surface area contributed by atoms with Crippen LogP contribution in [-0.4, -0.2) is 30.0 Å². The minimum absolute atomic E-state index is 0.0621. The van der Waals surface area contributed by atoms with Gasteiger partial charge in [-0.25, -0.2) is 0 Å². The Hall–Kier alpha value is -0.770. The molecule has 2 unspecified atom stereocenters. The molecule has 0 bridgehead atoms. The average molecular weight is 199 g/mol. The number of aliphatic hydroxyl groups is 1. The maximum absolute atomic E-state index is 9.50. The number of rotatable bonds is 5. The molecular weight excluding hydrogens is 182 g/mol. The Labute approximate surface area is 83.7 Å². The van der Waals surface area contributed by atoms with E-state index in [2.05, 4.69) is 16.9 Å². The normalized spacial score (nSPS) is 31.4. The Kier molecular flexibility index (Phi) is 4.73. The molecule has 0 aromatic carbocycles. The van der Waals surface area contributed by atoms with Gasteiger partial charge < -0.3 is 9.84 Å². The van der Waals surface area contributed by atoms with Crippen molar-refractivity contribution in [1.29, 1.82) is 0 Å². The molecule has 1 N–H and O–H groups in total. The largest absolute Gasteiger partial charge is 0.393 e. The van der Waals surface area contributed by atoms with Gasteiger partial charge in [0.1, 0.15) is 0 Å². The Morgan fingerprint density at radius 2 is 2.36 bits per heavy atom. The van der Waals surface area contributed by atoms with E-state index in [9.17, 15) is 5.11 Å². The topological polar surface area (TPSA) is 78.2 Å². The molecule has 1 aliphatic rings. The van der Waals surface area contributed by atoms with E-state index < -0.39 is 6.10 Å². The fourth-order valence-corrected chi connectivity index (χ4v) is 1.67. The molecule has 0 spiro atoms. The van der Waals surface area contributed by atoms with Crippen LogP contribution < -0.4 is 0 Å². The fourth-order valence-electron chi connectivity index (χ4n) is 1.67. The Morgan fingerprint density at radius 1 is 1.57 bits per heavy atom. The monoisotopic (exact) mass is 199 g/mol. The second-order valence-electron chi connectivity index (χ2n) is 3.66. The Balaban J connectivity index is 2.27. The lowest BCUT2D eigenvalue weighted by Crippen LogP contribution is -2.15. The molecule has 0 radical (unpaired) electrons. The third-order valence-corrected chi connectivity index (χ3v) is 2.50. The molecule has 5 nitrogen and oxygen atoms in total. The van der Waals surface area contributed by atoms with Crippen LogP contribution in [0, 0.1) is 0 Å². The summed E-state index contributed by atoms with van der Waals surface area (Å²) in [5.74, 6) is 0. The van der Waals surface area contributed by atoms with Gasteiger partial charge in [-0.05, 0) is 24.8 Å². The number of azide groups is 1. The van der Waals surface area contributed by atoms with Crippen molar-refractivity contribution in [3.8, 4) is 0 Å². The van der Waals surface area contributed by atoms with Gasteiger partial charge in [-0.1, -0.05) is 18.5 Å². The van der Waals surface area contributed by atoms with Gasteiger partial charge in [0.05, 0.1) is 18.2 Å². The molecule has 0 aromatic heterocycles. The first-order valence-electron chi connectivity index (χ1n) is 5.11. The zero-order valence-corrected chi connectivity index (χ0v) is 8.46. The molecule has 3 atom stereocenters. The highest BCUT2D eigenvalue weighted by Gasteiger charge is 2.32. The molecule has 1 rings (SSSR count). The molecular formula is C9H17N3O2. The van der Waals surface area contributed by atoms with E-state index in [0.717, 1.165) is 19.4 Å². The van der Waals surface area contributed by atoms with Crippen molar-refractivity contribution in [2.24, 2.45) is 5.11 Å². The van der Waals surface area contributed by atoms with Crippen LogP contribution in [0.5, 0.6) is 0 Å². The van der Waals surface area contributed by atoms with E-state index in [0.29, 0.717) is 12.8 Å². The number of hydrogen-bond acceptors (Lipinski definition) is 3. The van der Waals surface area contributed by atoms with Crippen molar-refractivity contribution in [2.75, 3.05) is 6.61 Å². The van der Waals surface area contributed by atoms with Crippen LogP contribution in [0.4, 0.5) is 0 Å². The van der Waals surface area contributed by atoms with Crippen LogP contribution in [-0.2, 0) is 4.74 Å². The fraction of sp³-hybridized carbons (Fsp3) is 1.00. The summed E-state index contributed by atoms with van der Waals surface area (Å²) in [5.41, 5.74) is 8.25. The third kappa shape index (κ3) is 3.18. The molecule has 0 saturated heterocycles. The number of unbranched alkanes of at least 4 members (excludes halogenated alkanes) is 1. The van der Waals surface area contributed by atoms with Crippen molar-refractivity contribution in [2.45, 2.75) is 50.9 Å². The van der Waals surface area contributed by atoms with Crippen LogP contribution in [0.3, 0.4) is 0 Å². The first-order chi connectivity index (χ1) is 6.77. The molecule has 0 heterocycles. The second kappa shape index (κ2) is 5.86.